The van der Waals surface area contributed by atoms with Crippen LogP contribution >= 0.6 is 0 Å². The van der Waals surface area contributed by atoms with Crippen molar-refractivity contribution in [2.24, 2.45) is 5.92 Å². The van der Waals surface area contributed by atoms with E-state index in [4.69, 9.17) is 4.74 Å². The van der Waals surface area contributed by atoms with E-state index in [0.717, 1.165) is 19.3 Å². The number of hydrogen-bond donors (Lipinski definition) is 3. The first kappa shape index (κ1) is 20.9. The molecule has 5 rings (SSSR count). The van der Waals surface area contributed by atoms with Gasteiger partial charge in [0.1, 0.15) is 29.1 Å². The summed E-state index contributed by atoms with van der Waals surface area (Å²) in [6, 6.07) is 3.41. The van der Waals surface area contributed by atoms with E-state index in [9.17, 15) is 9.90 Å². The average Bonchev–Trinajstić information content (AvgIpc) is 3.40. The number of aromatic amines is 1. The molecule has 2 heterocycles. The maximum absolute atomic E-state index is 15.3. The predicted molar refractivity (Wildman–Crippen MR) is 118 cm³/mol. The largest absolute Gasteiger partial charge is 0.492 e. The summed E-state index contributed by atoms with van der Waals surface area (Å²) in [5, 5.41) is 12.8. The van der Waals surface area contributed by atoms with Crippen molar-refractivity contribution in [2.45, 2.75) is 58.1 Å². The fraction of sp³-hybridized carbons (Fsp3) is 0.458. The van der Waals surface area contributed by atoms with Gasteiger partial charge < -0.3 is 20.1 Å². The Morgan fingerprint density at radius 1 is 1.25 bits per heavy atom. The number of benzene rings is 1. The number of aliphatic hydroxyl groups excluding tert-OH is 1. The summed E-state index contributed by atoms with van der Waals surface area (Å²) in [5.41, 5.74) is 3.14. The van der Waals surface area contributed by atoms with E-state index < -0.39 is 5.82 Å². The van der Waals surface area contributed by atoms with Crippen LogP contribution in [-0.2, 0) is 0 Å². The Morgan fingerprint density at radius 3 is 2.78 bits per heavy atom. The first-order valence-corrected chi connectivity index (χ1v) is 11.2. The number of amides is 1. The average molecular weight is 439 g/mol. The van der Waals surface area contributed by atoms with Crippen molar-refractivity contribution in [1.82, 2.24) is 20.3 Å². The van der Waals surface area contributed by atoms with Gasteiger partial charge in [0, 0.05) is 11.7 Å². The lowest BCUT2D eigenvalue weighted by atomic mass is 10.0. The molecule has 2 aromatic heterocycles. The first-order chi connectivity index (χ1) is 15.4. The zero-order chi connectivity index (χ0) is 22.4. The number of carbonyl (C=O) groups is 1. The monoisotopic (exact) mass is 438 g/mol. The van der Waals surface area contributed by atoms with Crippen LogP contribution < -0.4 is 10.1 Å². The van der Waals surface area contributed by atoms with Crippen molar-refractivity contribution in [2.75, 3.05) is 6.61 Å². The molecule has 0 aliphatic heterocycles. The van der Waals surface area contributed by atoms with E-state index >= 15 is 4.39 Å². The number of ether oxygens (including phenoxy) is 1. The van der Waals surface area contributed by atoms with Gasteiger partial charge in [0.2, 0.25) is 0 Å². The highest BCUT2D eigenvalue weighted by Crippen LogP contribution is 2.39. The second-order valence-electron chi connectivity index (χ2n) is 9.03. The van der Waals surface area contributed by atoms with Crippen LogP contribution in [0.2, 0.25) is 0 Å². The topological polar surface area (TPSA) is 100 Å². The molecular weight excluding hydrogens is 411 g/mol. The van der Waals surface area contributed by atoms with E-state index in [1.807, 2.05) is 0 Å². The van der Waals surface area contributed by atoms with Gasteiger partial charge >= 0.3 is 0 Å². The molecule has 0 saturated heterocycles. The summed E-state index contributed by atoms with van der Waals surface area (Å²) in [7, 11) is 0. The maximum atomic E-state index is 15.3. The Morgan fingerprint density at radius 2 is 2.06 bits per heavy atom. The predicted octanol–water partition coefficient (Wildman–Crippen LogP) is 3.81. The van der Waals surface area contributed by atoms with Crippen molar-refractivity contribution in [3.63, 3.8) is 0 Å². The number of halogens is 1. The van der Waals surface area contributed by atoms with E-state index in [-0.39, 0.29) is 23.6 Å². The summed E-state index contributed by atoms with van der Waals surface area (Å²) in [6.07, 6.45) is 5.21. The van der Waals surface area contributed by atoms with Crippen LogP contribution in [0.4, 0.5) is 4.39 Å². The lowest BCUT2D eigenvalue weighted by molar-refractivity contribution is 0.0935. The molecular formula is C24H27FN4O3. The number of nitrogens with one attached hydrogen (secondary N) is 2. The Kier molecular flexibility index (Phi) is 5.33. The lowest BCUT2D eigenvalue weighted by Crippen LogP contribution is -2.33. The number of rotatable bonds is 6. The number of aromatic nitrogens is 3. The maximum Gasteiger partial charge on any atom is 0.255 e. The van der Waals surface area contributed by atoms with Crippen LogP contribution in [0.15, 0.2) is 18.5 Å². The quantitative estimate of drug-likeness (QED) is 0.543. The minimum atomic E-state index is -0.392. The molecule has 2 fully saturated rings. The van der Waals surface area contributed by atoms with Gasteiger partial charge in [-0.2, -0.15) is 0 Å². The van der Waals surface area contributed by atoms with Gasteiger partial charge in [-0.1, -0.05) is 6.07 Å². The molecule has 2 atom stereocenters. The summed E-state index contributed by atoms with van der Waals surface area (Å²) in [4.78, 5) is 25.0. The van der Waals surface area contributed by atoms with Gasteiger partial charge in [0.15, 0.2) is 0 Å². The van der Waals surface area contributed by atoms with Gasteiger partial charge in [0.05, 0.1) is 29.4 Å². The summed E-state index contributed by atoms with van der Waals surface area (Å²) >= 11 is 0. The van der Waals surface area contributed by atoms with Crippen LogP contribution in [0.25, 0.3) is 22.3 Å². The molecule has 2 saturated carbocycles. The SMILES string of the molecule is Cc1ccc(OCC2CC2)c(-c2ncnc3c(C(=O)N[C@H]4CC[C@@H](O)C4)c(C)[nH]c23)c1F. The molecule has 32 heavy (non-hydrogen) atoms. The van der Waals surface area contributed by atoms with E-state index in [0.29, 0.717) is 64.7 Å². The lowest BCUT2D eigenvalue weighted by Gasteiger charge is -2.14. The number of aryl methyl sites for hydroxylation is 2. The Labute approximate surface area is 185 Å². The van der Waals surface area contributed by atoms with Crippen molar-refractivity contribution < 1.29 is 19.0 Å². The Hall–Kier alpha value is -3.00. The molecule has 1 aromatic carbocycles. The summed E-state index contributed by atoms with van der Waals surface area (Å²) in [5.74, 6) is 0.317. The highest BCUT2D eigenvalue weighted by atomic mass is 19.1. The fourth-order valence-corrected chi connectivity index (χ4v) is 4.43. The number of carbonyl (C=O) groups excluding carboxylic acids is 1. The van der Waals surface area contributed by atoms with Crippen LogP contribution in [0.5, 0.6) is 5.75 Å². The smallest absolute Gasteiger partial charge is 0.255 e. The number of nitrogens with zero attached hydrogens (tertiary/aromatic N) is 2. The van der Waals surface area contributed by atoms with Crippen LogP contribution in [-0.4, -0.2) is 44.7 Å². The van der Waals surface area contributed by atoms with Crippen molar-refractivity contribution >= 4 is 16.9 Å². The van der Waals surface area contributed by atoms with E-state index in [2.05, 4.69) is 20.3 Å². The molecule has 7 nitrogen and oxygen atoms in total. The van der Waals surface area contributed by atoms with Gasteiger partial charge in [-0.25, -0.2) is 14.4 Å². The fourth-order valence-electron chi connectivity index (χ4n) is 4.43. The molecule has 0 bridgehead atoms. The molecule has 2 aliphatic carbocycles. The number of fused-ring (bicyclic) bond motifs is 1. The highest BCUT2D eigenvalue weighted by molar-refractivity contribution is 6.09. The Bertz CT molecular complexity index is 1190. The van der Waals surface area contributed by atoms with Gasteiger partial charge in [-0.15, -0.1) is 0 Å². The molecule has 0 spiro atoms. The van der Waals surface area contributed by atoms with Gasteiger partial charge in [-0.05, 0) is 63.5 Å². The molecule has 1 amide bonds. The molecule has 168 valence electrons. The van der Waals surface area contributed by atoms with Gasteiger partial charge in [0.25, 0.3) is 5.91 Å². The first-order valence-electron chi connectivity index (χ1n) is 11.2. The molecule has 8 heteroatoms. The minimum absolute atomic E-state index is 0.0696. The van der Waals surface area contributed by atoms with Crippen LogP contribution in [0, 0.1) is 25.6 Å². The molecule has 0 unspecified atom stereocenters. The van der Waals surface area contributed by atoms with Crippen molar-refractivity contribution in [3.8, 4) is 17.0 Å². The standard InChI is InChI=1S/C24H27FN4O3/c1-12-3-8-17(32-10-14-4-5-14)19(20(12)25)22-23-21(26-11-27-22)18(13(2)28-23)24(31)29-15-6-7-16(30)9-15/h3,8,11,14-16,28,30H,4-7,9-10H2,1-2H3,(H,29,31)/t15-,16+/m0/s1. The van der Waals surface area contributed by atoms with E-state index in [1.165, 1.54) is 6.33 Å². The molecule has 2 aliphatic rings. The zero-order valence-corrected chi connectivity index (χ0v) is 18.2. The van der Waals surface area contributed by atoms with Crippen molar-refractivity contribution in [3.05, 3.63) is 41.1 Å². The number of aliphatic hydroxyl groups is 1. The van der Waals surface area contributed by atoms with Crippen LogP contribution in [0.3, 0.4) is 0 Å². The summed E-state index contributed by atoms with van der Waals surface area (Å²) < 4.78 is 21.3. The molecule has 3 N–H and O–H groups in total. The van der Waals surface area contributed by atoms with Crippen molar-refractivity contribution in [1.29, 1.82) is 0 Å². The highest BCUT2D eigenvalue weighted by Gasteiger charge is 2.29. The second kappa shape index (κ2) is 8.16. The van der Waals surface area contributed by atoms with Crippen LogP contribution in [0.1, 0.15) is 53.7 Å². The molecule has 0 radical (unpaired) electrons. The number of hydrogen-bond acceptors (Lipinski definition) is 5. The second-order valence-corrected chi connectivity index (χ2v) is 9.03. The Balaban J connectivity index is 1.56. The number of H-pyrrole nitrogens is 1. The third-order valence-corrected chi connectivity index (χ3v) is 6.44. The zero-order valence-electron chi connectivity index (χ0n) is 18.2. The van der Waals surface area contributed by atoms with Gasteiger partial charge in [-0.3, -0.25) is 4.79 Å². The minimum Gasteiger partial charge on any atom is -0.492 e. The molecule has 3 aromatic rings. The third kappa shape index (κ3) is 3.83. The summed E-state index contributed by atoms with van der Waals surface area (Å²) in [6.45, 7) is 4.05. The van der Waals surface area contributed by atoms with E-state index in [1.54, 1.807) is 26.0 Å². The normalized spacial score (nSPS) is 20.6. The third-order valence-electron chi connectivity index (χ3n) is 6.44.